The van der Waals surface area contributed by atoms with Crippen molar-refractivity contribution in [3.8, 4) is 0 Å². The zero-order valence-corrected chi connectivity index (χ0v) is 7.55. The van der Waals surface area contributed by atoms with Crippen molar-refractivity contribution in [1.29, 1.82) is 0 Å². The first-order valence-corrected chi connectivity index (χ1v) is 4.36. The van der Waals surface area contributed by atoms with E-state index in [9.17, 15) is 4.79 Å². The van der Waals surface area contributed by atoms with Gasteiger partial charge in [-0.05, 0) is 12.1 Å². The van der Waals surface area contributed by atoms with Gasteiger partial charge in [0.2, 0.25) is 0 Å². The Hall–Kier alpha value is -1.59. The fraction of sp³-hybridized carbons (Fsp3) is 0.222. The molecule has 14 heavy (non-hydrogen) atoms. The normalized spacial score (nSPS) is 26.4. The molecular formula is C9H12N4O. The average molecular weight is 192 g/mol. The lowest BCUT2D eigenvalue weighted by molar-refractivity contribution is -0.120. The molecule has 1 saturated heterocycles. The number of hydrazine groups is 1. The van der Waals surface area contributed by atoms with Crippen LogP contribution in [0.25, 0.3) is 0 Å². The van der Waals surface area contributed by atoms with Gasteiger partial charge < -0.3 is 11.5 Å². The fourth-order valence-electron chi connectivity index (χ4n) is 1.41. The zero-order valence-electron chi connectivity index (χ0n) is 7.55. The number of benzene rings is 1. The smallest absolute Gasteiger partial charge is 0.259 e. The molecule has 74 valence electrons. The van der Waals surface area contributed by atoms with Crippen LogP contribution in [0.5, 0.6) is 0 Å². The second kappa shape index (κ2) is 3.28. The Bertz CT molecular complexity index is 340. The minimum atomic E-state index is -0.671. The third kappa shape index (κ3) is 1.32. The van der Waals surface area contributed by atoms with Crippen molar-refractivity contribution >= 4 is 11.6 Å². The van der Waals surface area contributed by atoms with Gasteiger partial charge in [0.05, 0.1) is 5.69 Å². The number of carbonyl (C=O) groups is 1. The van der Waals surface area contributed by atoms with E-state index in [0.29, 0.717) is 0 Å². The van der Waals surface area contributed by atoms with E-state index in [0.717, 1.165) is 5.69 Å². The minimum absolute atomic E-state index is 0.249. The maximum Gasteiger partial charge on any atom is 0.259 e. The van der Waals surface area contributed by atoms with E-state index in [1.165, 1.54) is 0 Å². The van der Waals surface area contributed by atoms with Crippen LogP contribution >= 0.6 is 0 Å². The molecule has 1 fully saturated rings. The van der Waals surface area contributed by atoms with E-state index in [-0.39, 0.29) is 5.91 Å². The third-order valence-corrected chi connectivity index (χ3v) is 2.23. The lowest BCUT2D eigenvalue weighted by atomic mass is 10.2. The average Bonchev–Trinajstić information content (AvgIpc) is 2.47. The van der Waals surface area contributed by atoms with Crippen LogP contribution in [-0.2, 0) is 4.79 Å². The number of carbonyl (C=O) groups excluding carboxylic acids is 1. The van der Waals surface area contributed by atoms with E-state index in [1.54, 1.807) is 5.01 Å². The highest BCUT2D eigenvalue weighted by molar-refractivity contribution is 5.87. The maximum atomic E-state index is 11.2. The van der Waals surface area contributed by atoms with E-state index < -0.39 is 12.2 Å². The molecule has 1 heterocycles. The number of nitrogens with zero attached hydrogens (tertiary/aromatic N) is 1. The molecule has 5 N–H and O–H groups in total. The molecule has 0 aliphatic carbocycles. The van der Waals surface area contributed by atoms with Crippen LogP contribution in [0.3, 0.4) is 0 Å². The quantitative estimate of drug-likeness (QED) is 0.541. The SMILES string of the molecule is NC1C(=O)NN(c2ccccc2)C1N. The summed E-state index contributed by atoms with van der Waals surface area (Å²) < 4.78 is 0. The summed E-state index contributed by atoms with van der Waals surface area (Å²) in [5.41, 5.74) is 14.8. The van der Waals surface area contributed by atoms with Gasteiger partial charge in [0.1, 0.15) is 12.2 Å². The molecule has 2 unspecified atom stereocenters. The Labute approximate surface area is 81.6 Å². The van der Waals surface area contributed by atoms with Crippen LogP contribution in [0, 0.1) is 0 Å². The Morgan fingerprint density at radius 2 is 1.86 bits per heavy atom. The predicted octanol–water partition coefficient (Wildman–Crippen LogP) is -0.850. The van der Waals surface area contributed by atoms with Gasteiger partial charge in [0.15, 0.2) is 0 Å². The predicted molar refractivity (Wildman–Crippen MR) is 53.0 cm³/mol. The Kier molecular flexibility index (Phi) is 2.11. The largest absolute Gasteiger partial charge is 0.317 e. The summed E-state index contributed by atoms with van der Waals surface area (Å²) >= 11 is 0. The lowest BCUT2D eigenvalue weighted by Gasteiger charge is -2.22. The molecule has 1 aromatic rings. The van der Waals surface area contributed by atoms with E-state index in [1.807, 2.05) is 30.3 Å². The van der Waals surface area contributed by atoms with Gasteiger partial charge in [-0.1, -0.05) is 18.2 Å². The standard InChI is InChI=1S/C9H12N4O/c10-7-8(11)13(12-9(7)14)6-4-2-1-3-5-6/h1-5,7-8H,10-11H2,(H,12,14). The van der Waals surface area contributed by atoms with E-state index in [4.69, 9.17) is 11.5 Å². The summed E-state index contributed by atoms with van der Waals surface area (Å²) in [6.07, 6.45) is -0.509. The minimum Gasteiger partial charge on any atom is -0.317 e. The molecule has 1 aliphatic rings. The molecule has 2 atom stereocenters. The molecule has 0 bridgehead atoms. The monoisotopic (exact) mass is 192 g/mol. The number of nitrogens with one attached hydrogen (secondary N) is 1. The van der Waals surface area contributed by atoms with Gasteiger partial charge in [-0.3, -0.25) is 15.2 Å². The van der Waals surface area contributed by atoms with Crippen molar-refractivity contribution in [2.24, 2.45) is 11.5 Å². The first kappa shape index (κ1) is 8.98. The molecule has 5 nitrogen and oxygen atoms in total. The molecule has 5 heteroatoms. The maximum absolute atomic E-state index is 11.2. The van der Waals surface area contributed by atoms with Gasteiger partial charge >= 0.3 is 0 Å². The first-order chi connectivity index (χ1) is 6.70. The summed E-state index contributed by atoms with van der Waals surface area (Å²) in [4.78, 5) is 11.2. The van der Waals surface area contributed by atoms with Crippen molar-refractivity contribution in [3.05, 3.63) is 30.3 Å². The number of hydrogen-bond acceptors (Lipinski definition) is 4. The number of para-hydroxylation sites is 1. The van der Waals surface area contributed by atoms with Crippen LogP contribution in [0.4, 0.5) is 5.69 Å². The molecule has 0 spiro atoms. The number of nitrogens with two attached hydrogens (primary N) is 2. The number of amides is 1. The molecular weight excluding hydrogens is 180 g/mol. The van der Waals surface area contributed by atoms with Crippen molar-refractivity contribution in [2.75, 3.05) is 5.01 Å². The molecule has 1 aromatic carbocycles. The van der Waals surface area contributed by atoms with Crippen LogP contribution in [-0.4, -0.2) is 18.1 Å². The zero-order chi connectivity index (χ0) is 10.1. The molecule has 1 amide bonds. The summed E-state index contributed by atoms with van der Waals surface area (Å²) in [5.74, 6) is -0.249. The van der Waals surface area contributed by atoms with E-state index in [2.05, 4.69) is 5.43 Å². The molecule has 1 aliphatic heterocycles. The van der Waals surface area contributed by atoms with E-state index >= 15 is 0 Å². The van der Waals surface area contributed by atoms with Crippen LogP contribution < -0.4 is 21.9 Å². The van der Waals surface area contributed by atoms with Crippen LogP contribution in [0.2, 0.25) is 0 Å². The summed E-state index contributed by atoms with van der Waals surface area (Å²) in [5, 5.41) is 1.58. The highest BCUT2D eigenvalue weighted by Gasteiger charge is 2.35. The van der Waals surface area contributed by atoms with Gasteiger partial charge in [-0.25, -0.2) is 0 Å². The molecule has 2 rings (SSSR count). The number of anilines is 1. The molecule has 0 saturated carbocycles. The summed E-state index contributed by atoms with van der Waals surface area (Å²) in [6, 6.07) is 8.69. The second-order valence-corrected chi connectivity index (χ2v) is 3.20. The van der Waals surface area contributed by atoms with Gasteiger partial charge in [-0.2, -0.15) is 0 Å². The molecule has 0 radical (unpaired) electrons. The number of rotatable bonds is 1. The summed E-state index contributed by atoms with van der Waals surface area (Å²) in [6.45, 7) is 0. The van der Waals surface area contributed by atoms with Crippen molar-refractivity contribution in [3.63, 3.8) is 0 Å². The second-order valence-electron chi connectivity index (χ2n) is 3.20. The molecule has 0 aromatic heterocycles. The summed E-state index contributed by atoms with van der Waals surface area (Å²) in [7, 11) is 0. The first-order valence-electron chi connectivity index (χ1n) is 4.36. The van der Waals surface area contributed by atoms with Crippen LogP contribution in [0.1, 0.15) is 0 Å². The van der Waals surface area contributed by atoms with Gasteiger partial charge in [0.25, 0.3) is 5.91 Å². The van der Waals surface area contributed by atoms with Crippen molar-refractivity contribution in [1.82, 2.24) is 5.43 Å². The third-order valence-electron chi connectivity index (χ3n) is 2.23. The van der Waals surface area contributed by atoms with Gasteiger partial charge in [0, 0.05) is 0 Å². The Balaban J connectivity index is 2.26. The Morgan fingerprint density at radius 1 is 1.21 bits per heavy atom. The topological polar surface area (TPSA) is 84.4 Å². The van der Waals surface area contributed by atoms with Crippen LogP contribution in [0.15, 0.2) is 30.3 Å². The van der Waals surface area contributed by atoms with Crippen molar-refractivity contribution in [2.45, 2.75) is 12.2 Å². The Morgan fingerprint density at radius 3 is 2.36 bits per heavy atom. The van der Waals surface area contributed by atoms with Gasteiger partial charge in [-0.15, -0.1) is 0 Å². The highest BCUT2D eigenvalue weighted by atomic mass is 16.2. The number of hydrogen-bond donors (Lipinski definition) is 3. The lowest BCUT2D eigenvalue weighted by Crippen LogP contribution is -2.48. The highest BCUT2D eigenvalue weighted by Crippen LogP contribution is 2.16. The fourth-order valence-corrected chi connectivity index (χ4v) is 1.41. The van der Waals surface area contributed by atoms with Crippen molar-refractivity contribution < 1.29 is 4.79 Å².